The molecular weight excluding hydrogens is 294 g/mol. The summed E-state index contributed by atoms with van der Waals surface area (Å²) < 4.78 is 0. The summed E-state index contributed by atoms with van der Waals surface area (Å²) in [4.78, 5) is 32.8. The average Bonchev–Trinajstić information content (AvgIpc) is 3.21. The Kier molecular flexibility index (Phi) is 3.40. The van der Waals surface area contributed by atoms with E-state index < -0.39 is 6.04 Å². The van der Waals surface area contributed by atoms with Gasteiger partial charge in [-0.25, -0.2) is 4.79 Å². The normalized spacial score (nSPS) is 22.2. The molecule has 7 nitrogen and oxygen atoms in total. The number of hydrogen-bond acceptors (Lipinski definition) is 3. The molecule has 0 aromatic carbocycles. The van der Waals surface area contributed by atoms with Gasteiger partial charge in [0.05, 0.1) is 11.7 Å². The van der Waals surface area contributed by atoms with E-state index in [1.54, 1.807) is 0 Å². The van der Waals surface area contributed by atoms with Crippen molar-refractivity contribution in [3.05, 3.63) is 30.2 Å². The number of hydrogen-bond donors (Lipinski definition) is 3. The zero-order chi connectivity index (χ0) is 15.8. The van der Waals surface area contributed by atoms with Crippen LogP contribution in [0.2, 0.25) is 0 Å². The van der Waals surface area contributed by atoms with Crippen LogP contribution in [-0.4, -0.2) is 52.5 Å². The van der Waals surface area contributed by atoms with Gasteiger partial charge in [0.1, 0.15) is 6.04 Å². The first-order chi connectivity index (χ1) is 11.2. The molecule has 3 amide bonds. The molecule has 2 aromatic rings. The molecule has 1 atom stereocenters. The molecule has 0 saturated carbocycles. The highest BCUT2D eigenvalue weighted by Crippen LogP contribution is 2.32. The molecule has 0 aliphatic carbocycles. The second-order valence-corrected chi connectivity index (χ2v) is 6.17. The monoisotopic (exact) mass is 313 g/mol. The average molecular weight is 313 g/mol. The molecule has 4 rings (SSSR count). The standard InChI is InChI=1S/C16H19N5O2/c22-15(14-9-19-16(23)20-14)21-5-2-10(3-6-21)12-7-18-13-8-17-4-1-11(12)13/h1,4,7-8,10,14,18H,2-3,5-6,9H2,(H2,19,20,23)/t14-/m0/s1. The van der Waals surface area contributed by atoms with Crippen LogP contribution in [0.1, 0.15) is 24.3 Å². The predicted octanol–water partition coefficient (Wildman–Crippen LogP) is 0.950. The fraction of sp³-hybridized carbons (Fsp3) is 0.438. The number of piperidine rings is 1. The van der Waals surface area contributed by atoms with Crippen molar-refractivity contribution in [3.63, 3.8) is 0 Å². The molecule has 0 bridgehead atoms. The maximum atomic E-state index is 12.4. The molecule has 2 aliphatic heterocycles. The first-order valence-electron chi connectivity index (χ1n) is 7.96. The van der Waals surface area contributed by atoms with E-state index in [9.17, 15) is 9.59 Å². The van der Waals surface area contributed by atoms with Gasteiger partial charge >= 0.3 is 6.03 Å². The fourth-order valence-electron chi connectivity index (χ4n) is 3.57. The van der Waals surface area contributed by atoms with Gasteiger partial charge in [-0.3, -0.25) is 9.78 Å². The van der Waals surface area contributed by atoms with E-state index in [4.69, 9.17) is 0 Å². The summed E-state index contributed by atoms with van der Waals surface area (Å²) in [5.74, 6) is 0.469. The maximum Gasteiger partial charge on any atom is 0.315 e. The number of fused-ring (bicyclic) bond motifs is 1. The van der Waals surface area contributed by atoms with E-state index in [1.165, 1.54) is 10.9 Å². The van der Waals surface area contributed by atoms with Crippen molar-refractivity contribution in [2.45, 2.75) is 24.8 Å². The lowest BCUT2D eigenvalue weighted by atomic mass is 9.89. The molecule has 2 aliphatic rings. The number of aromatic nitrogens is 2. The Bertz CT molecular complexity index is 748. The lowest BCUT2D eigenvalue weighted by Crippen LogP contribution is -2.48. The SMILES string of the molecule is O=C1NC[C@@H](C(=O)N2CCC(c3c[nH]c4cnccc34)CC2)N1. The predicted molar refractivity (Wildman–Crippen MR) is 85.0 cm³/mol. The van der Waals surface area contributed by atoms with Crippen LogP contribution in [-0.2, 0) is 4.79 Å². The summed E-state index contributed by atoms with van der Waals surface area (Å²) >= 11 is 0. The van der Waals surface area contributed by atoms with E-state index >= 15 is 0 Å². The van der Waals surface area contributed by atoms with Crippen LogP contribution < -0.4 is 10.6 Å². The molecule has 2 fully saturated rings. The van der Waals surface area contributed by atoms with Gasteiger partial charge in [0.15, 0.2) is 0 Å². The Morgan fingerprint density at radius 3 is 2.87 bits per heavy atom. The topological polar surface area (TPSA) is 90.1 Å². The minimum atomic E-state index is -0.418. The van der Waals surface area contributed by atoms with Crippen molar-refractivity contribution in [1.29, 1.82) is 0 Å². The van der Waals surface area contributed by atoms with E-state index in [0.29, 0.717) is 12.5 Å². The fourth-order valence-corrected chi connectivity index (χ4v) is 3.57. The first-order valence-corrected chi connectivity index (χ1v) is 7.96. The van der Waals surface area contributed by atoms with Gasteiger partial charge in [-0.05, 0) is 30.4 Å². The molecule has 0 spiro atoms. The van der Waals surface area contributed by atoms with Gasteiger partial charge in [0.25, 0.3) is 0 Å². The molecule has 0 radical (unpaired) electrons. The quantitative estimate of drug-likeness (QED) is 0.771. The van der Waals surface area contributed by atoms with E-state index in [2.05, 4.69) is 26.8 Å². The Hall–Kier alpha value is -2.57. The van der Waals surface area contributed by atoms with Crippen LogP contribution >= 0.6 is 0 Å². The van der Waals surface area contributed by atoms with Crippen LogP contribution in [0.4, 0.5) is 4.79 Å². The van der Waals surface area contributed by atoms with E-state index in [1.807, 2.05) is 23.4 Å². The number of nitrogens with zero attached hydrogens (tertiary/aromatic N) is 2. The third kappa shape index (κ3) is 2.52. The zero-order valence-electron chi connectivity index (χ0n) is 12.7. The second kappa shape index (κ2) is 5.57. The number of likely N-dealkylation sites (tertiary alicyclic amines) is 1. The number of H-pyrrole nitrogens is 1. The van der Waals surface area contributed by atoms with Gasteiger partial charge in [0.2, 0.25) is 5.91 Å². The van der Waals surface area contributed by atoms with E-state index in [0.717, 1.165) is 31.4 Å². The Morgan fingerprint density at radius 1 is 1.30 bits per heavy atom. The third-order valence-electron chi connectivity index (χ3n) is 4.83. The van der Waals surface area contributed by atoms with Gasteiger partial charge in [-0.15, -0.1) is 0 Å². The molecule has 3 N–H and O–H groups in total. The molecular formula is C16H19N5O2. The number of pyridine rings is 1. The van der Waals surface area contributed by atoms with Crippen molar-refractivity contribution in [2.24, 2.45) is 0 Å². The van der Waals surface area contributed by atoms with Crippen molar-refractivity contribution in [1.82, 2.24) is 25.5 Å². The lowest BCUT2D eigenvalue weighted by Gasteiger charge is -2.33. The highest BCUT2D eigenvalue weighted by atomic mass is 16.2. The van der Waals surface area contributed by atoms with Crippen molar-refractivity contribution < 1.29 is 9.59 Å². The molecule has 2 aromatic heterocycles. The maximum absolute atomic E-state index is 12.4. The van der Waals surface area contributed by atoms with Crippen LogP contribution in [0.25, 0.3) is 10.9 Å². The lowest BCUT2D eigenvalue weighted by molar-refractivity contribution is -0.133. The summed E-state index contributed by atoms with van der Waals surface area (Å²) in [6, 6.07) is 1.36. The largest absolute Gasteiger partial charge is 0.360 e. The Balaban J connectivity index is 1.43. The van der Waals surface area contributed by atoms with Crippen molar-refractivity contribution >= 4 is 22.8 Å². The highest BCUT2D eigenvalue weighted by Gasteiger charge is 2.33. The molecule has 7 heteroatoms. The molecule has 2 saturated heterocycles. The molecule has 4 heterocycles. The number of carbonyl (C=O) groups is 2. The number of nitrogens with one attached hydrogen (secondary N) is 3. The van der Waals surface area contributed by atoms with Crippen LogP contribution in [0.15, 0.2) is 24.7 Å². The van der Waals surface area contributed by atoms with Gasteiger partial charge in [-0.1, -0.05) is 0 Å². The molecule has 0 unspecified atom stereocenters. The van der Waals surface area contributed by atoms with Crippen molar-refractivity contribution in [3.8, 4) is 0 Å². The number of aromatic amines is 1. The summed E-state index contributed by atoms with van der Waals surface area (Å²) in [6.45, 7) is 1.84. The van der Waals surface area contributed by atoms with Gasteiger partial charge < -0.3 is 20.5 Å². The summed E-state index contributed by atoms with van der Waals surface area (Å²) in [5, 5.41) is 6.51. The smallest absolute Gasteiger partial charge is 0.315 e. The summed E-state index contributed by atoms with van der Waals surface area (Å²) in [7, 11) is 0. The minimum Gasteiger partial charge on any atom is -0.360 e. The van der Waals surface area contributed by atoms with Crippen molar-refractivity contribution in [2.75, 3.05) is 19.6 Å². The second-order valence-electron chi connectivity index (χ2n) is 6.17. The van der Waals surface area contributed by atoms with Crippen LogP contribution in [0, 0.1) is 0 Å². The number of urea groups is 1. The zero-order valence-corrected chi connectivity index (χ0v) is 12.7. The minimum absolute atomic E-state index is 0.0185. The third-order valence-corrected chi connectivity index (χ3v) is 4.83. The number of carbonyl (C=O) groups excluding carboxylic acids is 2. The van der Waals surface area contributed by atoms with Crippen LogP contribution in [0.5, 0.6) is 0 Å². The molecule has 23 heavy (non-hydrogen) atoms. The number of amides is 3. The van der Waals surface area contributed by atoms with Gasteiger partial charge in [0, 0.05) is 37.4 Å². The summed E-state index contributed by atoms with van der Waals surface area (Å²) in [5.41, 5.74) is 2.37. The highest BCUT2D eigenvalue weighted by molar-refractivity contribution is 5.90. The van der Waals surface area contributed by atoms with Crippen LogP contribution in [0.3, 0.4) is 0 Å². The number of rotatable bonds is 2. The van der Waals surface area contributed by atoms with E-state index in [-0.39, 0.29) is 11.9 Å². The summed E-state index contributed by atoms with van der Waals surface area (Å²) in [6.07, 6.45) is 7.60. The Labute approximate surface area is 133 Å². The van der Waals surface area contributed by atoms with Gasteiger partial charge in [-0.2, -0.15) is 0 Å². The molecule has 120 valence electrons. The first kappa shape index (κ1) is 14.0. The Morgan fingerprint density at radius 2 is 2.13 bits per heavy atom.